The minimum absolute atomic E-state index is 0.0382. The summed E-state index contributed by atoms with van der Waals surface area (Å²) in [5, 5.41) is 4.36. The number of rotatable bonds is 4. The van der Waals surface area contributed by atoms with Gasteiger partial charge in [-0.15, -0.1) is 0 Å². The van der Waals surface area contributed by atoms with Gasteiger partial charge in [-0.3, -0.25) is 9.48 Å². The summed E-state index contributed by atoms with van der Waals surface area (Å²) >= 11 is 0. The first-order chi connectivity index (χ1) is 8.56. The van der Waals surface area contributed by atoms with E-state index < -0.39 is 0 Å². The summed E-state index contributed by atoms with van der Waals surface area (Å²) in [5.41, 5.74) is 7.69. The van der Waals surface area contributed by atoms with Crippen molar-refractivity contribution in [2.24, 2.45) is 0 Å². The van der Waals surface area contributed by atoms with Crippen molar-refractivity contribution >= 4 is 11.5 Å². The molecular formula is C14H17N3O. The Morgan fingerprint density at radius 2 is 2.17 bits per heavy atom. The second kappa shape index (κ2) is 5.04. The van der Waals surface area contributed by atoms with Crippen molar-refractivity contribution in [3.63, 3.8) is 0 Å². The Morgan fingerprint density at radius 1 is 1.39 bits per heavy atom. The Balaban J connectivity index is 2.11. The lowest BCUT2D eigenvalue weighted by molar-refractivity contribution is 0.0991. The molecule has 2 rings (SSSR count). The van der Waals surface area contributed by atoms with Gasteiger partial charge in [-0.1, -0.05) is 12.1 Å². The number of Topliss-reactive ketones (excluding diaryl/α,β-unsaturated/α-hetero) is 1. The molecule has 1 aromatic carbocycles. The number of nitrogens with zero attached hydrogens (tertiary/aromatic N) is 2. The van der Waals surface area contributed by atoms with E-state index in [1.165, 1.54) is 0 Å². The second-order valence-electron chi connectivity index (χ2n) is 4.61. The van der Waals surface area contributed by atoms with Crippen molar-refractivity contribution in [2.75, 3.05) is 5.73 Å². The highest BCUT2D eigenvalue weighted by Gasteiger charge is 2.10. The average molecular weight is 243 g/mol. The minimum Gasteiger partial charge on any atom is -0.399 e. The molecule has 0 atom stereocenters. The molecule has 0 bridgehead atoms. The molecule has 2 aromatic rings. The van der Waals surface area contributed by atoms with Gasteiger partial charge in [0.2, 0.25) is 0 Å². The zero-order chi connectivity index (χ0) is 13.1. The van der Waals surface area contributed by atoms with Crippen molar-refractivity contribution in [3.05, 3.63) is 47.8 Å². The molecule has 18 heavy (non-hydrogen) atoms. The summed E-state index contributed by atoms with van der Waals surface area (Å²) in [4.78, 5) is 12.0. The maximum Gasteiger partial charge on any atom is 0.168 e. The standard InChI is InChI=1S/C14H17N3O/c1-10(2)17-7-6-13(16-17)9-14(18)11-4-3-5-12(15)8-11/h3-8,10H,9,15H2,1-2H3. The van der Waals surface area contributed by atoms with Crippen LogP contribution in [0.2, 0.25) is 0 Å². The van der Waals surface area contributed by atoms with Crippen LogP contribution in [0.25, 0.3) is 0 Å². The number of nitrogens with two attached hydrogens (primary N) is 1. The van der Waals surface area contributed by atoms with E-state index in [-0.39, 0.29) is 5.78 Å². The van der Waals surface area contributed by atoms with Gasteiger partial charge in [0.25, 0.3) is 0 Å². The van der Waals surface area contributed by atoms with Gasteiger partial charge in [-0.25, -0.2) is 0 Å². The first kappa shape index (κ1) is 12.4. The molecule has 1 heterocycles. The number of nitrogen functional groups attached to an aromatic ring is 1. The maximum atomic E-state index is 12.0. The minimum atomic E-state index is 0.0382. The fourth-order valence-corrected chi connectivity index (χ4v) is 1.74. The van der Waals surface area contributed by atoms with Crippen LogP contribution < -0.4 is 5.73 Å². The highest BCUT2D eigenvalue weighted by atomic mass is 16.1. The molecule has 0 aliphatic carbocycles. The summed E-state index contributed by atoms with van der Waals surface area (Å²) in [7, 11) is 0. The van der Waals surface area contributed by atoms with Crippen molar-refractivity contribution in [1.29, 1.82) is 0 Å². The Labute approximate surface area is 106 Å². The molecule has 0 aliphatic rings. The zero-order valence-electron chi connectivity index (χ0n) is 10.6. The normalized spacial score (nSPS) is 10.8. The van der Waals surface area contributed by atoms with E-state index in [1.807, 2.05) is 16.9 Å². The SMILES string of the molecule is CC(C)n1ccc(CC(=O)c2cccc(N)c2)n1. The van der Waals surface area contributed by atoms with E-state index in [9.17, 15) is 4.79 Å². The lowest BCUT2D eigenvalue weighted by Gasteiger charge is -2.04. The lowest BCUT2D eigenvalue weighted by atomic mass is 10.1. The number of hydrogen-bond acceptors (Lipinski definition) is 3. The van der Waals surface area contributed by atoms with Crippen LogP contribution in [0.15, 0.2) is 36.5 Å². The number of ketones is 1. The molecule has 4 nitrogen and oxygen atoms in total. The Hall–Kier alpha value is -2.10. The molecule has 0 unspecified atom stereocenters. The van der Waals surface area contributed by atoms with Gasteiger partial charge >= 0.3 is 0 Å². The Kier molecular flexibility index (Phi) is 3.46. The zero-order valence-corrected chi connectivity index (χ0v) is 10.6. The first-order valence-corrected chi connectivity index (χ1v) is 5.99. The number of aromatic nitrogens is 2. The van der Waals surface area contributed by atoms with Crippen LogP contribution in [0.5, 0.6) is 0 Å². The van der Waals surface area contributed by atoms with Crippen molar-refractivity contribution in [1.82, 2.24) is 9.78 Å². The van der Waals surface area contributed by atoms with Crippen LogP contribution >= 0.6 is 0 Å². The van der Waals surface area contributed by atoms with E-state index in [0.717, 1.165) is 5.69 Å². The molecule has 0 saturated heterocycles. The first-order valence-electron chi connectivity index (χ1n) is 5.99. The molecular weight excluding hydrogens is 226 g/mol. The monoisotopic (exact) mass is 243 g/mol. The predicted molar refractivity (Wildman–Crippen MR) is 71.5 cm³/mol. The number of benzene rings is 1. The molecule has 0 spiro atoms. The number of hydrogen-bond donors (Lipinski definition) is 1. The predicted octanol–water partition coefficient (Wildman–Crippen LogP) is 2.47. The van der Waals surface area contributed by atoms with Crippen LogP contribution in [0, 0.1) is 0 Å². The molecule has 0 amide bonds. The topological polar surface area (TPSA) is 60.9 Å². The van der Waals surface area contributed by atoms with E-state index in [2.05, 4.69) is 18.9 Å². The summed E-state index contributed by atoms with van der Waals surface area (Å²) in [5.74, 6) is 0.0382. The summed E-state index contributed by atoms with van der Waals surface area (Å²) in [6.07, 6.45) is 2.20. The third-order valence-electron chi connectivity index (χ3n) is 2.74. The van der Waals surface area contributed by atoms with Crippen LogP contribution in [-0.2, 0) is 6.42 Å². The highest BCUT2D eigenvalue weighted by Crippen LogP contribution is 2.11. The molecule has 4 heteroatoms. The van der Waals surface area contributed by atoms with Gasteiger partial charge in [0.05, 0.1) is 12.1 Å². The molecule has 1 aromatic heterocycles. The Bertz CT molecular complexity index is 558. The van der Waals surface area contributed by atoms with E-state index in [0.29, 0.717) is 23.7 Å². The second-order valence-corrected chi connectivity index (χ2v) is 4.61. The third-order valence-corrected chi connectivity index (χ3v) is 2.74. The van der Waals surface area contributed by atoms with Gasteiger partial charge in [0, 0.05) is 23.5 Å². The summed E-state index contributed by atoms with van der Waals surface area (Å²) in [6.45, 7) is 4.10. The molecule has 2 N–H and O–H groups in total. The van der Waals surface area contributed by atoms with Gasteiger partial charge in [-0.05, 0) is 32.0 Å². The van der Waals surface area contributed by atoms with E-state index in [4.69, 9.17) is 5.73 Å². The molecule has 0 aliphatic heterocycles. The summed E-state index contributed by atoms with van der Waals surface area (Å²) in [6, 6.07) is 9.21. The van der Waals surface area contributed by atoms with Crippen molar-refractivity contribution < 1.29 is 4.79 Å². The molecule has 94 valence electrons. The van der Waals surface area contributed by atoms with Crippen LogP contribution in [0.4, 0.5) is 5.69 Å². The van der Waals surface area contributed by atoms with Crippen LogP contribution in [-0.4, -0.2) is 15.6 Å². The largest absolute Gasteiger partial charge is 0.399 e. The van der Waals surface area contributed by atoms with Gasteiger partial charge in [-0.2, -0.15) is 5.10 Å². The summed E-state index contributed by atoms with van der Waals surface area (Å²) < 4.78 is 1.85. The average Bonchev–Trinajstić information content (AvgIpc) is 2.77. The Morgan fingerprint density at radius 3 is 2.78 bits per heavy atom. The number of carbonyl (C=O) groups is 1. The maximum absolute atomic E-state index is 12.0. The molecule has 0 fully saturated rings. The van der Waals surface area contributed by atoms with E-state index >= 15 is 0 Å². The molecule has 0 saturated carbocycles. The van der Waals surface area contributed by atoms with Gasteiger partial charge in [0.1, 0.15) is 0 Å². The van der Waals surface area contributed by atoms with Crippen LogP contribution in [0.1, 0.15) is 35.9 Å². The fraction of sp³-hybridized carbons (Fsp3) is 0.286. The lowest BCUT2D eigenvalue weighted by Crippen LogP contribution is -2.07. The smallest absolute Gasteiger partial charge is 0.168 e. The van der Waals surface area contributed by atoms with Gasteiger partial charge in [0.15, 0.2) is 5.78 Å². The third kappa shape index (κ3) is 2.77. The van der Waals surface area contributed by atoms with Crippen molar-refractivity contribution in [2.45, 2.75) is 26.3 Å². The molecule has 0 radical (unpaired) electrons. The highest BCUT2D eigenvalue weighted by molar-refractivity contribution is 5.97. The van der Waals surface area contributed by atoms with E-state index in [1.54, 1.807) is 24.3 Å². The van der Waals surface area contributed by atoms with Gasteiger partial charge < -0.3 is 5.73 Å². The number of anilines is 1. The fourth-order valence-electron chi connectivity index (χ4n) is 1.74. The van der Waals surface area contributed by atoms with Crippen molar-refractivity contribution in [3.8, 4) is 0 Å². The quantitative estimate of drug-likeness (QED) is 0.663. The van der Waals surface area contributed by atoms with Crippen LogP contribution in [0.3, 0.4) is 0 Å². The number of carbonyl (C=O) groups excluding carboxylic acids is 1.